The lowest BCUT2D eigenvalue weighted by molar-refractivity contribution is 0.0998. The van der Waals surface area contributed by atoms with E-state index in [2.05, 4.69) is 37.6 Å². The highest BCUT2D eigenvalue weighted by atomic mass is 16.5. The number of nitrogens with zero attached hydrogens (tertiary/aromatic N) is 3. The molecule has 2 aromatic carbocycles. The molecule has 0 saturated heterocycles. The Kier molecular flexibility index (Phi) is 9.90. The number of aliphatic hydroxyl groups excluding tert-OH is 1. The number of imidazole rings is 1. The van der Waals surface area contributed by atoms with E-state index in [9.17, 15) is 15.2 Å². The summed E-state index contributed by atoms with van der Waals surface area (Å²) in [6, 6.07) is 13.6. The van der Waals surface area contributed by atoms with Gasteiger partial charge in [0.15, 0.2) is 0 Å². The molecule has 0 aliphatic rings. The molecule has 0 fully saturated rings. The number of primary amides is 1. The Morgan fingerprint density at radius 2 is 1.87 bits per heavy atom. The van der Waals surface area contributed by atoms with Gasteiger partial charge in [0.05, 0.1) is 17.4 Å². The topological polar surface area (TPSA) is 140 Å². The average molecular weight is 532 g/mol. The molecule has 0 unspecified atom stereocenters. The first-order chi connectivity index (χ1) is 18.5. The second-order valence-corrected chi connectivity index (χ2v) is 11.2. The van der Waals surface area contributed by atoms with E-state index in [4.69, 9.17) is 21.2 Å². The summed E-state index contributed by atoms with van der Waals surface area (Å²) in [6.07, 6.45) is 3.69. The predicted molar refractivity (Wildman–Crippen MR) is 154 cm³/mol. The molecule has 208 valence electrons. The molecule has 3 rings (SSSR count). The lowest BCUT2D eigenvalue weighted by atomic mass is 9.83. The normalized spacial score (nSPS) is 12.4. The van der Waals surface area contributed by atoms with E-state index in [0.717, 1.165) is 35.6 Å². The molecule has 3 aromatic rings. The van der Waals surface area contributed by atoms with Crippen molar-refractivity contribution >= 4 is 5.91 Å². The number of aryl methyl sites for hydroxylation is 1. The third-order valence-corrected chi connectivity index (χ3v) is 6.62. The van der Waals surface area contributed by atoms with Gasteiger partial charge in [0, 0.05) is 35.9 Å². The molecule has 0 radical (unpaired) electrons. The third-order valence-electron chi connectivity index (χ3n) is 6.62. The zero-order valence-corrected chi connectivity index (χ0v) is 23.7. The van der Waals surface area contributed by atoms with Crippen molar-refractivity contribution in [1.29, 1.82) is 5.26 Å². The van der Waals surface area contributed by atoms with Crippen molar-refractivity contribution in [3.05, 3.63) is 70.7 Å². The lowest BCUT2D eigenvalue weighted by Gasteiger charge is -2.23. The Hall–Kier alpha value is -3.67. The molecule has 1 heterocycles. The Balaban J connectivity index is 1.98. The Morgan fingerprint density at radius 3 is 2.41 bits per heavy atom. The van der Waals surface area contributed by atoms with Crippen LogP contribution in [0.15, 0.2) is 42.6 Å². The zero-order chi connectivity index (χ0) is 28.7. The van der Waals surface area contributed by atoms with Gasteiger partial charge in [-0.2, -0.15) is 5.26 Å². The summed E-state index contributed by atoms with van der Waals surface area (Å²) in [6.45, 7) is 11.6. The highest BCUT2D eigenvalue weighted by Gasteiger charge is 2.26. The van der Waals surface area contributed by atoms with E-state index in [0.29, 0.717) is 30.7 Å². The highest BCUT2D eigenvalue weighted by molar-refractivity contribution is 5.95. The summed E-state index contributed by atoms with van der Waals surface area (Å²) in [5.74, 6) is 0.502. The molecule has 0 aliphatic heterocycles. The first kappa shape index (κ1) is 29.9. The van der Waals surface area contributed by atoms with Gasteiger partial charge in [0.25, 0.3) is 0 Å². The second-order valence-electron chi connectivity index (χ2n) is 11.2. The number of amides is 1. The van der Waals surface area contributed by atoms with E-state index in [1.54, 1.807) is 12.1 Å². The van der Waals surface area contributed by atoms with Crippen LogP contribution in [0.4, 0.5) is 0 Å². The summed E-state index contributed by atoms with van der Waals surface area (Å²) in [4.78, 5) is 17.3. The van der Waals surface area contributed by atoms with Crippen LogP contribution in [0.1, 0.15) is 86.3 Å². The molecule has 39 heavy (non-hydrogen) atoms. The standard InChI is InChI=1S/C31H41N5O3/c1-20(2)39-27-12-11-24(29(34)38)28(25(27)18-33)23(13-16-37)17-21-7-9-22(10-8-21)26-19-36(15-6-14-32)30(35-26)31(3,4)5/h7-12,19-20,23,37H,6,13-17,32H2,1-5H3,(H2,34,38)/t23-/m1/s1. The molecular formula is C31H41N5O3. The molecule has 0 bridgehead atoms. The highest BCUT2D eigenvalue weighted by Crippen LogP contribution is 2.36. The van der Waals surface area contributed by atoms with E-state index in [-0.39, 0.29) is 35.2 Å². The maximum atomic E-state index is 12.3. The molecule has 1 atom stereocenters. The van der Waals surface area contributed by atoms with Gasteiger partial charge in [0.1, 0.15) is 17.6 Å². The van der Waals surface area contributed by atoms with Crippen molar-refractivity contribution in [3.8, 4) is 23.1 Å². The smallest absolute Gasteiger partial charge is 0.249 e. The number of benzene rings is 2. The van der Waals surface area contributed by atoms with Crippen LogP contribution < -0.4 is 16.2 Å². The monoisotopic (exact) mass is 531 g/mol. The number of rotatable bonds is 12. The van der Waals surface area contributed by atoms with Crippen LogP contribution in [0.3, 0.4) is 0 Å². The van der Waals surface area contributed by atoms with E-state index < -0.39 is 5.91 Å². The summed E-state index contributed by atoms with van der Waals surface area (Å²) >= 11 is 0. The summed E-state index contributed by atoms with van der Waals surface area (Å²) < 4.78 is 8.05. The van der Waals surface area contributed by atoms with Gasteiger partial charge in [0.2, 0.25) is 5.91 Å². The van der Waals surface area contributed by atoms with Gasteiger partial charge in [-0.1, -0.05) is 45.0 Å². The molecule has 1 aromatic heterocycles. The quantitative estimate of drug-likeness (QED) is 0.310. The van der Waals surface area contributed by atoms with Gasteiger partial charge >= 0.3 is 0 Å². The van der Waals surface area contributed by atoms with Crippen molar-refractivity contribution in [2.45, 2.75) is 77.9 Å². The minimum Gasteiger partial charge on any atom is -0.490 e. The minimum absolute atomic E-state index is 0.100. The van der Waals surface area contributed by atoms with E-state index >= 15 is 0 Å². The predicted octanol–water partition coefficient (Wildman–Crippen LogP) is 4.66. The molecule has 5 N–H and O–H groups in total. The van der Waals surface area contributed by atoms with Crippen molar-refractivity contribution in [3.63, 3.8) is 0 Å². The first-order valence-corrected chi connectivity index (χ1v) is 13.5. The summed E-state index contributed by atoms with van der Waals surface area (Å²) in [5.41, 5.74) is 15.3. The van der Waals surface area contributed by atoms with Crippen LogP contribution in [0.5, 0.6) is 5.75 Å². The molecule has 1 amide bonds. The van der Waals surface area contributed by atoms with Gasteiger partial charge in [-0.25, -0.2) is 4.98 Å². The van der Waals surface area contributed by atoms with Crippen molar-refractivity contribution in [2.75, 3.05) is 13.2 Å². The number of carbonyl (C=O) groups is 1. The first-order valence-electron chi connectivity index (χ1n) is 13.5. The fourth-order valence-corrected chi connectivity index (χ4v) is 4.89. The van der Waals surface area contributed by atoms with Gasteiger partial charge in [-0.15, -0.1) is 0 Å². The minimum atomic E-state index is -0.615. The number of aromatic nitrogens is 2. The van der Waals surface area contributed by atoms with Crippen molar-refractivity contribution < 1.29 is 14.6 Å². The van der Waals surface area contributed by atoms with E-state index in [1.807, 2.05) is 38.1 Å². The summed E-state index contributed by atoms with van der Waals surface area (Å²) in [5, 5.41) is 19.9. The van der Waals surface area contributed by atoms with Crippen LogP contribution in [-0.2, 0) is 18.4 Å². The van der Waals surface area contributed by atoms with Crippen LogP contribution in [0.2, 0.25) is 0 Å². The Bertz CT molecular complexity index is 1310. The molecule has 8 nitrogen and oxygen atoms in total. The van der Waals surface area contributed by atoms with E-state index in [1.165, 1.54) is 0 Å². The maximum Gasteiger partial charge on any atom is 0.249 e. The van der Waals surface area contributed by atoms with Gasteiger partial charge < -0.3 is 25.9 Å². The zero-order valence-electron chi connectivity index (χ0n) is 23.7. The van der Waals surface area contributed by atoms with Gasteiger partial charge in [-0.05, 0) is 68.8 Å². The van der Waals surface area contributed by atoms with Crippen molar-refractivity contribution in [1.82, 2.24) is 9.55 Å². The molecule has 8 heteroatoms. The lowest BCUT2D eigenvalue weighted by Crippen LogP contribution is -2.20. The summed E-state index contributed by atoms with van der Waals surface area (Å²) in [7, 11) is 0. The molecular weight excluding hydrogens is 490 g/mol. The molecule has 0 aliphatic carbocycles. The maximum absolute atomic E-state index is 12.3. The van der Waals surface area contributed by atoms with Crippen LogP contribution in [-0.4, -0.2) is 39.8 Å². The molecule has 0 spiro atoms. The second kappa shape index (κ2) is 12.9. The van der Waals surface area contributed by atoms with Gasteiger partial charge in [-0.3, -0.25) is 4.79 Å². The fourth-order valence-electron chi connectivity index (χ4n) is 4.89. The third kappa shape index (κ3) is 7.25. The number of nitrogens with two attached hydrogens (primary N) is 2. The number of hydrogen-bond acceptors (Lipinski definition) is 6. The Morgan fingerprint density at radius 1 is 1.18 bits per heavy atom. The number of nitriles is 1. The van der Waals surface area contributed by atoms with Crippen LogP contribution >= 0.6 is 0 Å². The van der Waals surface area contributed by atoms with Crippen molar-refractivity contribution in [2.24, 2.45) is 11.5 Å². The number of ether oxygens (including phenoxy) is 1. The van der Waals surface area contributed by atoms with Crippen LogP contribution in [0.25, 0.3) is 11.3 Å². The fraction of sp³-hybridized carbons (Fsp3) is 0.452. The number of hydrogen-bond donors (Lipinski definition) is 3. The largest absolute Gasteiger partial charge is 0.490 e. The molecule has 0 saturated carbocycles. The van der Waals surface area contributed by atoms with Crippen LogP contribution in [0, 0.1) is 11.3 Å². The SMILES string of the molecule is CC(C)Oc1ccc(C(N)=O)c([C@H](CCO)Cc2ccc(-c3cn(CCCN)c(C(C)(C)C)n3)cc2)c1C#N. The average Bonchev–Trinajstić information content (AvgIpc) is 3.32. The number of aliphatic hydroxyl groups is 1. The Labute approximate surface area is 231 Å². The number of carbonyl (C=O) groups excluding carboxylic acids is 1.